The first kappa shape index (κ1) is 21.0. The van der Waals surface area contributed by atoms with E-state index in [2.05, 4.69) is 9.88 Å². The van der Waals surface area contributed by atoms with Gasteiger partial charge in [-0.1, -0.05) is 18.2 Å². The van der Waals surface area contributed by atoms with Crippen LogP contribution >= 0.6 is 11.6 Å². The van der Waals surface area contributed by atoms with E-state index >= 15 is 0 Å². The van der Waals surface area contributed by atoms with Gasteiger partial charge in [0.25, 0.3) is 0 Å². The Morgan fingerprint density at radius 2 is 1.63 bits per heavy atom. The number of nitrogens with zero attached hydrogens (tertiary/aromatic N) is 4. The molecule has 0 N–H and O–H groups in total. The maximum Gasteiger partial charge on any atom is 0.416 e. The number of aromatic nitrogens is 2. The Labute approximate surface area is 178 Å². The number of benzene rings is 2. The van der Waals surface area contributed by atoms with E-state index in [9.17, 15) is 13.2 Å². The molecule has 8 heteroatoms. The summed E-state index contributed by atoms with van der Waals surface area (Å²) in [5, 5.41) is 0.519. The minimum absolute atomic E-state index is 0.519. The average molecular weight is 437 g/mol. The first-order valence-corrected chi connectivity index (χ1v) is 10.5. The zero-order valence-corrected chi connectivity index (χ0v) is 17.3. The molecule has 0 atom stereocenters. The van der Waals surface area contributed by atoms with Crippen LogP contribution in [0.5, 0.6) is 0 Å². The van der Waals surface area contributed by atoms with Crippen molar-refractivity contribution in [2.75, 3.05) is 37.6 Å². The second kappa shape index (κ2) is 8.86. The van der Waals surface area contributed by atoms with Crippen molar-refractivity contribution in [2.45, 2.75) is 25.6 Å². The molecule has 30 heavy (non-hydrogen) atoms. The highest BCUT2D eigenvalue weighted by Gasteiger charge is 2.31. The number of imidazole rings is 1. The summed E-state index contributed by atoms with van der Waals surface area (Å²) in [6, 6.07) is 13.5. The average Bonchev–Trinajstić information content (AvgIpc) is 3.06. The van der Waals surface area contributed by atoms with Crippen LogP contribution in [0.15, 0.2) is 48.5 Å². The summed E-state index contributed by atoms with van der Waals surface area (Å²) in [6.45, 7) is 4.97. The van der Waals surface area contributed by atoms with E-state index in [1.165, 1.54) is 12.1 Å². The van der Waals surface area contributed by atoms with Crippen LogP contribution in [-0.2, 0) is 12.7 Å². The third kappa shape index (κ3) is 4.73. The number of para-hydroxylation sites is 2. The summed E-state index contributed by atoms with van der Waals surface area (Å²) in [5.74, 6) is 0. The van der Waals surface area contributed by atoms with E-state index in [0.717, 1.165) is 69.2 Å². The second-order valence-corrected chi connectivity index (χ2v) is 7.94. The molecule has 160 valence electrons. The minimum Gasteiger partial charge on any atom is -0.369 e. The third-order valence-electron chi connectivity index (χ3n) is 5.62. The van der Waals surface area contributed by atoms with Gasteiger partial charge in [0.15, 0.2) is 0 Å². The van der Waals surface area contributed by atoms with Crippen molar-refractivity contribution in [3.05, 3.63) is 59.4 Å². The Bertz CT molecular complexity index is 993. The van der Waals surface area contributed by atoms with Crippen molar-refractivity contribution >= 4 is 28.3 Å². The van der Waals surface area contributed by atoms with Gasteiger partial charge in [0.1, 0.15) is 0 Å². The summed E-state index contributed by atoms with van der Waals surface area (Å²) < 4.78 is 40.9. The number of unbranched alkanes of at least 4 members (excludes halogenated alkanes) is 1. The molecule has 0 amide bonds. The first-order chi connectivity index (χ1) is 14.4. The summed E-state index contributed by atoms with van der Waals surface area (Å²) >= 11 is 6.27. The molecular weight excluding hydrogens is 413 g/mol. The van der Waals surface area contributed by atoms with Crippen LogP contribution in [0.2, 0.25) is 5.28 Å². The molecule has 3 aromatic rings. The number of hydrogen-bond acceptors (Lipinski definition) is 3. The van der Waals surface area contributed by atoms with E-state index in [1.807, 2.05) is 33.7 Å². The molecule has 0 spiro atoms. The van der Waals surface area contributed by atoms with Gasteiger partial charge in [0, 0.05) is 38.4 Å². The Kier molecular flexibility index (Phi) is 6.20. The van der Waals surface area contributed by atoms with Crippen molar-refractivity contribution < 1.29 is 13.2 Å². The second-order valence-electron chi connectivity index (χ2n) is 7.61. The summed E-state index contributed by atoms with van der Waals surface area (Å²) in [4.78, 5) is 8.79. The van der Waals surface area contributed by atoms with Crippen molar-refractivity contribution in [2.24, 2.45) is 0 Å². The van der Waals surface area contributed by atoms with E-state index in [-0.39, 0.29) is 0 Å². The van der Waals surface area contributed by atoms with E-state index in [0.29, 0.717) is 11.0 Å². The molecule has 4 rings (SSSR count). The fourth-order valence-electron chi connectivity index (χ4n) is 3.97. The van der Waals surface area contributed by atoms with Gasteiger partial charge in [-0.3, -0.25) is 4.90 Å². The molecule has 2 aromatic carbocycles. The SMILES string of the molecule is FC(F)(F)c1cccc(N2CCN(CCCCn3c(Cl)nc4ccccc43)CC2)c1. The molecule has 2 heterocycles. The van der Waals surface area contributed by atoms with Crippen molar-refractivity contribution in [3.8, 4) is 0 Å². The summed E-state index contributed by atoms with van der Waals surface area (Å²) in [5.41, 5.74) is 2.02. The number of piperazine rings is 1. The van der Waals surface area contributed by atoms with Crippen LogP contribution in [0.25, 0.3) is 11.0 Å². The summed E-state index contributed by atoms with van der Waals surface area (Å²) in [7, 11) is 0. The third-order valence-corrected chi connectivity index (χ3v) is 5.91. The lowest BCUT2D eigenvalue weighted by atomic mass is 10.1. The number of aryl methyl sites for hydroxylation is 1. The van der Waals surface area contributed by atoms with Gasteiger partial charge in [-0.05, 0) is 61.3 Å². The molecule has 1 fully saturated rings. The number of halogens is 4. The van der Waals surface area contributed by atoms with Crippen LogP contribution in [0, 0.1) is 0 Å². The number of anilines is 1. The van der Waals surface area contributed by atoms with Gasteiger partial charge >= 0.3 is 6.18 Å². The number of fused-ring (bicyclic) bond motifs is 1. The Morgan fingerprint density at radius 1 is 0.900 bits per heavy atom. The zero-order valence-electron chi connectivity index (χ0n) is 16.6. The summed E-state index contributed by atoms with van der Waals surface area (Å²) in [6.07, 6.45) is -2.28. The molecule has 4 nitrogen and oxygen atoms in total. The van der Waals surface area contributed by atoms with Gasteiger partial charge in [0.05, 0.1) is 16.6 Å². The molecule has 0 unspecified atom stereocenters. The van der Waals surface area contributed by atoms with Crippen molar-refractivity contribution in [1.29, 1.82) is 0 Å². The maximum absolute atomic E-state index is 12.9. The highest BCUT2D eigenvalue weighted by molar-refractivity contribution is 6.29. The van der Waals surface area contributed by atoms with Gasteiger partial charge in [-0.15, -0.1) is 0 Å². The van der Waals surface area contributed by atoms with Crippen molar-refractivity contribution in [3.63, 3.8) is 0 Å². The van der Waals surface area contributed by atoms with Gasteiger partial charge in [0.2, 0.25) is 5.28 Å². The minimum atomic E-state index is -4.30. The molecule has 1 saturated heterocycles. The quantitative estimate of drug-likeness (QED) is 0.489. The lowest BCUT2D eigenvalue weighted by Gasteiger charge is -2.36. The van der Waals surface area contributed by atoms with Crippen LogP contribution in [0.3, 0.4) is 0 Å². The fraction of sp³-hybridized carbons (Fsp3) is 0.409. The monoisotopic (exact) mass is 436 g/mol. The predicted octanol–water partition coefficient (Wildman–Crippen LogP) is 5.31. The highest BCUT2D eigenvalue weighted by atomic mass is 35.5. The lowest BCUT2D eigenvalue weighted by molar-refractivity contribution is -0.137. The molecule has 0 aliphatic carbocycles. The standard InChI is InChI=1S/C22H24ClF3N4/c23-21-27-19-8-1-2-9-20(19)30(21)11-4-3-10-28-12-14-29(15-13-28)18-7-5-6-17(16-18)22(24,25)26/h1-2,5-9,16H,3-4,10-15H2. The van der Waals surface area contributed by atoms with E-state index < -0.39 is 11.7 Å². The van der Waals surface area contributed by atoms with Crippen LogP contribution in [0.4, 0.5) is 18.9 Å². The van der Waals surface area contributed by atoms with Crippen LogP contribution < -0.4 is 4.90 Å². The van der Waals surface area contributed by atoms with Crippen molar-refractivity contribution in [1.82, 2.24) is 14.5 Å². The molecular formula is C22H24ClF3N4. The predicted molar refractivity (Wildman–Crippen MR) is 114 cm³/mol. The molecule has 0 radical (unpaired) electrons. The van der Waals surface area contributed by atoms with E-state index in [1.54, 1.807) is 6.07 Å². The van der Waals surface area contributed by atoms with E-state index in [4.69, 9.17) is 11.6 Å². The smallest absolute Gasteiger partial charge is 0.369 e. The van der Waals surface area contributed by atoms with Gasteiger partial charge in [-0.25, -0.2) is 4.98 Å². The number of alkyl halides is 3. The molecule has 1 aromatic heterocycles. The topological polar surface area (TPSA) is 24.3 Å². The number of rotatable bonds is 6. The van der Waals surface area contributed by atoms with Gasteiger partial charge in [-0.2, -0.15) is 13.2 Å². The largest absolute Gasteiger partial charge is 0.416 e. The molecule has 1 aliphatic heterocycles. The fourth-order valence-corrected chi connectivity index (χ4v) is 4.24. The molecule has 1 aliphatic rings. The van der Waals surface area contributed by atoms with Crippen LogP contribution in [0.1, 0.15) is 18.4 Å². The molecule has 0 saturated carbocycles. The normalized spacial score (nSPS) is 15.8. The Balaban J connectivity index is 1.24. The van der Waals surface area contributed by atoms with Gasteiger partial charge < -0.3 is 9.47 Å². The lowest BCUT2D eigenvalue weighted by Crippen LogP contribution is -2.46. The maximum atomic E-state index is 12.9. The number of hydrogen-bond donors (Lipinski definition) is 0. The van der Waals surface area contributed by atoms with Crippen LogP contribution in [-0.4, -0.2) is 47.2 Å². The Morgan fingerprint density at radius 3 is 2.40 bits per heavy atom. The Hall–Kier alpha value is -2.25. The first-order valence-electron chi connectivity index (χ1n) is 10.2. The molecule has 0 bridgehead atoms. The highest BCUT2D eigenvalue weighted by Crippen LogP contribution is 2.32. The zero-order chi connectivity index (χ0) is 21.1.